The Bertz CT molecular complexity index is 706. The van der Waals surface area contributed by atoms with Gasteiger partial charge in [0, 0.05) is 0 Å². The minimum atomic E-state index is -5.70. The Labute approximate surface area is 121 Å². The largest absolute Gasteiger partial charge is 0.536 e. The topological polar surface area (TPSA) is 221 Å². The van der Waals surface area contributed by atoms with Crippen molar-refractivity contribution in [1.82, 2.24) is 0 Å². The van der Waals surface area contributed by atoms with Crippen molar-refractivity contribution in [2.75, 3.05) is 0 Å². The smallest absolute Gasteiger partial charge is 0.504 e. The van der Waals surface area contributed by atoms with E-state index in [0.29, 0.717) is 6.07 Å². The van der Waals surface area contributed by atoms with Gasteiger partial charge in [0.2, 0.25) is 11.5 Å². The van der Waals surface area contributed by atoms with Gasteiger partial charge in [0.05, 0.1) is 0 Å². The maximum atomic E-state index is 11.4. The van der Waals surface area contributed by atoms with Crippen LogP contribution in [0.25, 0.3) is 0 Å². The Kier molecular flexibility index (Phi) is 5.30. The van der Waals surface area contributed by atoms with Crippen molar-refractivity contribution in [3.05, 3.63) is 12.1 Å². The lowest BCUT2D eigenvalue weighted by Gasteiger charge is -2.17. The average Bonchev–Trinajstić information content (AvgIpc) is 2.25. The second-order valence-corrected chi connectivity index (χ2v) is 7.81. The van der Waals surface area contributed by atoms with Gasteiger partial charge in [-0.15, -0.1) is 0 Å². The number of benzene rings is 1. The van der Waals surface area contributed by atoms with Gasteiger partial charge in [-0.3, -0.25) is 4.89 Å². The monoisotopic (exact) mass is 382 g/mol. The van der Waals surface area contributed by atoms with E-state index in [1.165, 1.54) is 0 Å². The van der Waals surface area contributed by atoms with Crippen molar-refractivity contribution in [2.45, 2.75) is 0 Å². The first kappa shape index (κ1) is 18.9. The van der Waals surface area contributed by atoms with Gasteiger partial charge in [0.1, 0.15) is 0 Å². The highest BCUT2D eigenvalue weighted by molar-refractivity contribution is 7.66. The number of hydrogen-bond acceptors (Lipinski definition) is 9. The molecule has 0 fully saturated rings. The van der Waals surface area contributed by atoms with Crippen LogP contribution in [0, 0.1) is 0 Å². The molecule has 16 heteroatoms. The molecule has 22 heavy (non-hydrogen) atoms. The number of phenolic OH excluding ortho intramolecular Hbond substituents is 3. The van der Waals surface area contributed by atoms with Crippen molar-refractivity contribution in [3.63, 3.8) is 0 Å². The molecule has 0 aliphatic carbocycles. The second-order valence-electron chi connectivity index (χ2n) is 3.46. The van der Waals surface area contributed by atoms with Crippen molar-refractivity contribution < 1.29 is 61.7 Å². The van der Waals surface area contributed by atoms with E-state index in [2.05, 4.69) is 13.1 Å². The fourth-order valence-electron chi connectivity index (χ4n) is 1.04. The minimum Gasteiger partial charge on any atom is -0.504 e. The molecular formula is C6H9O13P3. The van der Waals surface area contributed by atoms with Gasteiger partial charge in [-0.1, -0.05) is 0 Å². The maximum absolute atomic E-state index is 11.4. The summed E-state index contributed by atoms with van der Waals surface area (Å²) in [5.41, 5.74) is 0. The molecule has 0 aromatic heterocycles. The Morgan fingerprint density at radius 2 is 1.32 bits per heavy atom. The number of aromatic hydroxyl groups is 3. The van der Waals surface area contributed by atoms with Crippen molar-refractivity contribution in [1.29, 1.82) is 0 Å². The SMILES string of the molecule is O=P(O)(O)OP(=O)(O)OP(=O)(O)Oc1ccc(O)c(O)c1O. The summed E-state index contributed by atoms with van der Waals surface area (Å²) in [7, 11) is -16.7. The van der Waals surface area contributed by atoms with Crippen LogP contribution in [-0.4, -0.2) is 34.9 Å². The summed E-state index contributed by atoms with van der Waals surface area (Å²) in [6.07, 6.45) is 0. The Morgan fingerprint density at radius 3 is 1.82 bits per heavy atom. The third kappa shape index (κ3) is 5.58. The van der Waals surface area contributed by atoms with E-state index < -0.39 is 46.5 Å². The predicted octanol–water partition coefficient (Wildman–Crippen LogP) is 0.509. The van der Waals surface area contributed by atoms with Crippen LogP contribution >= 0.6 is 23.5 Å². The molecule has 7 N–H and O–H groups in total. The first-order valence-corrected chi connectivity index (χ1v) is 9.32. The van der Waals surface area contributed by atoms with Crippen LogP contribution in [0.15, 0.2) is 12.1 Å². The lowest BCUT2D eigenvalue weighted by atomic mass is 10.3. The van der Waals surface area contributed by atoms with Crippen molar-refractivity contribution in [2.24, 2.45) is 0 Å². The molecular weight excluding hydrogens is 373 g/mol. The first-order chi connectivity index (χ1) is 9.72. The molecule has 0 aliphatic heterocycles. The highest BCUT2D eigenvalue weighted by Gasteiger charge is 2.42. The third-order valence-corrected chi connectivity index (χ3v) is 5.48. The molecule has 2 unspecified atom stereocenters. The van der Waals surface area contributed by atoms with Crippen LogP contribution < -0.4 is 4.52 Å². The molecule has 2 atom stereocenters. The zero-order chi connectivity index (χ0) is 17.3. The predicted molar refractivity (Wildman–Crippen MR) is 65.9 cm³/mol. The summed E-state index contributed by atoms with van der Waals surface area (Å²) in [6, 6.07) is 1.41. The van der Waals surface area contributed by atoms with Gasteiger partial charge in [-0.05, 0) is 12.1 Å². The zero-order valence-corrected chi connectivity index (χ0v) is 12.8. The van der Waals surface area contributed by atoms with Gasteiger partial charge in [0.25, 0.3) is 0 Å². The fraction of sp³-hybridized carbons (Fsp3) is 0. The van der Waals surface area contributed by atoms with Crippen LogP contribution in [0.5, 0.6) is 23.0 Å². The second kappa shape index (κ2) is 6.17. The molecule has 0 heterocycles. The number of rotatable bonds is 6. The molecule has 126 valence electrons. The lowest BCUT2D eigenvalue weighted by molar-refractivity contribution is 0.205. The average molecular weight is 382 g/mol. The van der Waals surface area contributed by atoms with Gasteiger partial charge in [-0.2, -0.15) is 8.62 Å². The summed E-state index contributed by atoms with van der Waals surface area (Å²) in [4.78, 5) is 34.7. The number of hydrogen-bond donors (Lipinski definition) is 7. The fourth-order valence-corrected chi connectivity index (χ4v) is 4.08. The van der Waals surface area contributed by atoms with Crippen LogP contribution in [-0.2, 0) is 22.3 Å². The van der Waals surface area contributed by atoms with Crippen LogP contribution in [0.1, 0.15) is 0 Å². The van der Waals surface area contributed by atoms with E-state index in [0.717, 1.165) is 6.07 Å². The van der Waals surface area contributed by atoms with Crippen LogP contribution in [0.4, 0.5) is 0 Å². The highest BCUT2D eigenvalue weighted by atomic mass is 31.3. The molecule has 0 aliphatic rings. The molecule has 0 saturated carbocycles. The number of phenols is 3. The quantitative estimate of drug-likeness (QED) is 0.263. The molecule has 13 nitrogen and oxygen atoms in total. The first-order valence-electron chi connectivity index (χ1n) is 4.80. The Morgan fingerprint density at radius 1 is 0.773 bits per heavy atom. The molecule has 1 aromatic rings. The lowest BCUT2D eigenvalue weighted by Crippen LogP contribution is -1.98. The van der Waals surface area contributed by atoms with Crippen molar-refractivity contribution in [3.8, 4) is 23.0 Å². The molecule has 0 bridgehead atoms. The molecule has 1 rings (SSSR count). The Balaban J connectivity index is 2.98. The minimum absolute atomic E-state index is 0.683. The van der Waals surface area contributed by atoms with E-state index in [-0.39, 0.29) is 0 Å². The molecule has 0 amide bonds. The summed E-state index contributed by atoms with van der Waals surface area (Å²) in [5.74, 6) is -4.09. The summed E-state index contributed by atoms with van der Waals surface area (Å²) in [6.45, 7) is 0. The van der Waals surface area contributed by atoms with Crippen LogP contribution in [0.2, 0.25) is 0 Å². The standard InChI is InChI=1S/C6H9O13P3/c7-3-1-2-4(6(9)5(3)8)17-21(13,14)19-22(15,16)18-20(10,11)12/h1-2,7-9H,(H,13,14)(H,15,16)(H2,10,11,12). The molecule has 0 radical (unpaired) electrons. The molecule has 0 saturated heterocycles. The van der Waals surface area contributed by atoms with Crippen LogP contribution in [0.3, 0.4) is 0 Å². The summed E-state index contributed by atoms with van der Waals surface area (Å²) in [5, 5.41) is 27.5. The van der Waals surface area contributed by atoms with Gasteiger partial charge in [0.15, 0.2) is 11.5 Å². The third-order valence-electron chi connectivity index (χ3n) is 1.72. The van der Waals surface area contributed by atoms with E-state index in [1.807, 2.05) is 0 Å². The van der Waals surface area contributed by atoms with Gasteiger partial charge in [-0.25, -0.2) is 13.7 Å². The summed E-state index contributed by atoms with van der Waals surface area (Å²) >= 11 is 0. The van der Waals surface area contributed by atoms with E-state index >= 15 is 0 Å². The molecule has 1 aromatic carbocycles. The zero-order valence-electron chi connectivity index (χ0n) is 10.1. The molecule has 0 spiro atoms. The van der Waals surface area contributed by atoms with E-state index in [4.69, 9.17) is 24.9 Å². The Hall–Kier alpha value is -1.13. The number of phosphoric acid groups is 3. The number of phosphoric ester groups is 1. The highest BCUT2D eigenvalue weighted by Crippen LogP contribution is 2.66. The van der Waals surface area contributed by atoms with E-state index in [1.54, 1.807) is 0 Å². The van der Waals surface area contributed by atoms with Crippen molar-refractivity contribution >= 4 is 23.5 Å². The summed E-state index contributed by atoms with van der Waals surface area (Å²) < 4.78 is 43.8. The van der Waals surface area contributed by atoms with Gasteiger partial charge < -0.3 is 34.5 Å². The normalized spacial score (nSPS) is 17.5. The van der Waals surface area contributed by atoms with Gasteiger partial charge >= 0.3 is 23.5 Å². The van der Waals surface area contributed by atoms with E-state index in [9.17, 15) is 23.7 Å². The maximum Gasteiger partial charge on any atom is 0.536 e.